The van der Waals surface area contributed by atoms with E-state index in [0.717, 1.165) is 9.65 Å². The number of allylic oxidation sites excluding steroid dienone is 14. The topological polar surface area (TPSA) is 71.3 Å². The molecule has 0 spiro atoms. The summed E-state index contributed by atoms with van der Waals surface area (Å²) in [7, 11) is 0. The predicted molar refractivity (Wildman–Crippen MR) is 152 cm³/mol. The van der Waals surface area contributed by atoms with Crippen LogP contribution in [0, 0.1) is 22.2 Å². The van der Waals surface area contributed by atoms with Crippen LogP contribution in [0.3, 0.4) is 0 Å². The molecule has 1 fully saturated rings. The maximum atomic E-state index is 13.4. The average molecular weight is 688 g/mol. The Morgan fingerprint density at radius 2 is 1.52 bits per heavy atom. The number of halogens is 4. The van der Waals surface area contributed by atoms with E-state index < -0.39 is 50.3 Å². The fourth-order valence-corrected chi connectivity index (χ4v) is 7.80. The standard InChI is InChI=1S/C33H31F3IN2O3/c1-31(2)29(32(3,4)30(31)41-26-19-17-23(21-38)27(20-26)42-33(34,35)36)39-28(40)22-12-10-11-15-25(18-16-22)37-24-13-8-6-5-7-9-14-24/h5-20,29-30H,1-4H3,(H,39,40)/q-1/b6-5-,7-5?,8-6?,9-7-,11-10-,12-10?,13-8-,14-9?,15-11?,18-16-,22-12+,22-16?,24-13?,24-14+,25-15+,25-18?. The Bertz CT molecular complexity index is 1500. The zero-order chi connectivity index (χ0) is 30.5. The van der Waals surface area contributed by atoms with E-state index in [1.165, 1.54) is 15.7 Å². The van der Waals surface area contributed by atoms with Crippen LogP contribution in [0.1, 0.15) is 33.3 Å². The van der Waals surface area contributed by atoms with Crippen LogP contribution in [0.15, 0.2) is 110 Å². The number of rotatable bonds is 7. The van der Waals surface area contributed by atoms with Gasteiger partial charge in [0.15, 0.2) is 5.75 Å². The Morgan fingerprint density at radius 3 is 2.21 bits per heavy atom. The maximum absolute atomic E-state index is 13.4. The Morgan fingerprint density at radius 1 is 0.905 bits per heavy atom. The van der Waals surface area contributed by atoms with E-state index in [1.807, 2.05) is 82.4 Å². The summed E-state index contributed by atoms with van der Waals surface area (Å²) >= 11 is -0.455. The molecule has 0 saturated heterocycles. The molecule has 220 valence electrons. The van der Waals surface area contributed by atoms with Gasteiger partial charge in [0.1, 0.15) is 6.07 Å². The van der Waals surface area contributed by atoms with Crippen LogP contribution in [-0.2, 0) is 4.79 Å². The molecule has 5 nitrogen and oxygen atoms in total. The van der Waals surface area contributed by atoms with E-state index in [9.17, 15) is 23.2 Å². The Hall–Kier alpha value is -3.78. The van der Waals surface area contributed by atoms with Crippen molar-refractivity contribution in [3.63, 3.8) is 0 Å². The summed E-state index contributed by atoms with van der Waals surface area (Å²) in [6.45, 7) is 7.77. The van der Waals surface area contributed by atoms with Gasteiger partial charge in [0.2, 0.25) is 0 Å². The van der Waals surface area contributed by atoms with Crippen molar-refractivity contribution in [2.75, 3.05) is 0 Å². The Balaban J connectivity index is 1.45. The molecule has 3 aliphatic rings. The molecule has 0 aromatic heterocycles. The van der Waals surface area contributed by atoms with E-state index in [1.54, 1.807) is 12.1 Å². The average Bonchev–Trinajstić information content (AvgIpc) is 2.87. The van der Waals surface area contributed by atoms with Crippen molar-refractivity contribution < 1.29 is 48.6 Å². The van der Waals surface area contributed by atoms with Gasteiger partial charge in [0, 0.05) is 0 Å². The Labute approximate surface area is 254 Å². The molecule has 9 heteroatoms. The normalized spacial score (nSPS) is 29.8. The van der Waals surface area contributed by atoms with Crippen molar-refractivity contribution >= 4 is 5.91 Å². The van der Waals surface area contributed by atoms with Crippen LogP contribution >= 0.6 is 0 Å². The third kappa shape index (κ3) is 7.34. The molecule has 0 unspecified atom stereocenters. The van der Waals surface area contributed by atoms with Crippen molar-refractivity contribution in [2.45, 2.75) is 46.2 Å². The summed E-state index contributed by atoms with van der Waals surface area (Å²) in [6.07, 6.45) is 20.3. The molecule has 1 saturated carbocycles. The minimum absolute atomic E-state index is 0.142. The summed E-state index contributed by atoms with van der Waals surface area (Å²) in [5.41, 5.74) is -0.855. The molecule has 4 rings (SSSR count). The third-order valence-electron chi connectivity index (χ3n) is 7.17. The van der Waals surface area contributed by atoms with Gasteiger partial charge in [0.25, 0.3) is 0 Å². The predicted octanol–water partition coefficient (Wildman–Crippen LogP) is 4.35. The fourth-order valence-electron chi connectivity index (χ4n) is 5.56. The fraction of sp³-hybridized carbons (Fsp3) is 0.273. The Kier molecular flexibility index (Phi) is 9.36. The van der Waals surface area contributed by atoms with Crippen molar-refractivity contribution in [3.05, 3.63) is 115 Å². The summed E-state index contributed by atoms with van der Waals surface area (Å²) < 4.78 is 51.2. The van der Waals surface area contributed by atoms with Gasteiger partial charge in [-0.05, 0) is 6.07 Å². The summed E-state index contributed by atoms with van der Waals surface area (Å²) in [5.74, 6) is -0.704. The molecule has 1 aromatic carbocycles. The molecule has 0 radical (unpaired) electrons. The van der Waals surface area contributed by atoms with Crippen molar-refractivity contribution in [1.82, 2.24) is 5.32 Å². The molecule has 0 atom stereocenters. The number of hydrogen-bond acceptors (Lipinski definition) is 4. The first-order valence-electron chi connectivity index (χ1n) is 13.2. The molecule has 1 N–H and O–H groups in total. The van der Waals surface area contributed by atoms with Gasteiger partial charge in [0.05, 0.1) is 5.56 Å². The first-order valence-corrected chi connectivity index (χ1v) is 15.4. The number of ether oxygens (including phenoxy) is 2. The quantitative estimate of drug-likeness (QED) is 0.434. The number of amides is 1. The molecule has 3 aliphatic carbocycles. The monoisotopic (exact) mass is 687 g/mol. The molecule has 0 aliphatic heterocycles. The van der Waals surface area contributed by atoms with Crippen LogP contribution in [0.5, 0.6) is 11.5 Å². The second kappa shape index (κ2) is 12.6. The first-order chi connectivity index (χ1) is 19.8. The number of carbonyl (C=O) groups excluding carboxylic acids is 1. The first kappa shape index (κ1) is 31.2. The van der Waals surface area contributed by atoms with E-state index in [2.05, 4.69) is 28.3 Å². The van der Waals surface area contributed by atoms with Crippen LogP contribution in [0.25, 0.3) is 0 Å². The number of alkyl halides is 3. The van der Waals surface area contributed by atoms with E-state index in [0.29, 0.717) is 5.57 Å². The summed E-state index contributed by atoms with van der Waals surface area (Å²) in [4.78, 5) is 13.4. The smallest absolute Gasteiger partial charge is 0.404 e. The van der Waals surface area contributed by atoms with Gasteiger partial charge in [-0.2, -0.15) is 5.26 Å². The number of nitriles is 1. The van der Waals surface area contributed by atoms with Gasteiger partial charge in [-0.1, -0.05) is 0 Å². The third-order valence-corrected chi connectivity index (χ3v) is 9.85. The summed E-state index contributed by atoms with van der Waals surface area (Å²) in [6, 6.07) is 5.16. The molecule has 1 aromatic rings. The number of hydrogen-bond donors (Lipinski definition) is 1. The zero-order valence-corrected chi connectivity index (χ0v) is 25.7. The zero-order valence-electron chi connectivity index (χ0n) is 23.6. The van der Waals surface area contributed by atoms with E-state index in [-0.39, 0.29) is 23.3 Å². The molecule has 0 bridgehead atoms. The van der Waals surface area contributed by atoms with Crippen molar-refractivity contribution in [1.29, 1.82) is 5.26 Å². The minimum Gasteiger partial charge on any atom is -0.404 e. The minimum atomic E-state index is -4.94. The van der Waals surface area contributed by atoms with E-state index in [4.69, 9.17) is 4.74 Å². The number of carbonyl (C=O) groups is 1. The second-order valence-corrected chi connectivity index (χ2v) is 14.1. The number of nitrogens with zero attached hydrogens (tertiary/aromatic N) is 1. The van der Waals surface area contributed by atoms with Crippen LogP contribution in [0.2, 0.25) is 0 Å². The summed E-state index contributed by atoms with van der Waals surface area (Å²) in [5, 5.41) is 12.3. The number of benzene rings is 1. The SMILES string of the molecule is CC1(C)C(NC(=O)C2=C/C=C\C=C([I-]C3=C/C=C\C=C/C=C\3)/C=C\2)C(C)(C)C1Oc1ccc(C#N)c(OC(F)(F)F)c1. The van der Waals surface area contributed by atoms with Gasteiger partial charge in [-0.15, -0.1) is 13.2 Å². The van der Waals surface area contributed by atoms with Gasteiger partial charge in [-0.25, -0.2) is 0 Å². The van der Waals surface area contributed by atoms with Gasteiger partial charge >= 0.3 is 209 Å². The molecule has 0 heterocycles. The molecule has 42 heavy (non-hydrogen) atoms. The van der Waals surface area contributed by atoms with Crippen LogP contribution in [-0.4, -0.2) is 24.4 Å². The van der Waals surface area contributed by atoms with Gasteiger partial charge < -0.3 is 4.74 Å². The van der Waals surface area contributed by atoms with Crippen LogP contribution in [0.4, 0.5) is 13.2 Å². The van der Waals surface area contributed by atoms with Crippen LogP contribution < -0.4 is 36.0 Å². The van der Waals surface area contributed by atoms with Gasteiger partial charge in [-0.3, -0.25) is 0 Å². The molecular weight excluding hydrogens is 656 g/mol. The van der Waals surface area contributed by atoms with Crippen molar-refractivity contribution in [3.8, 4) is 17.6 Å². The second-order valence-electron chi connectivity index (χ2n) is 11.0. The van der Waals surface area contributed by atoms with E-state index >= 15 is 0 Å². The number of nitrogens with one attached hydrogen (secondary N) is 1. The van der Waals surface area contributed by atoms with Crippen molar-refractivity contribution in [2.24, 2.45) is 10.8 Å². The molecule has 1 amide bonds. The molecular formula is C33H31F3IN2O3-.